The fourth-order valence-corrected chi connectivity index (χ4v) is 4.14. The van der Waals surface area contributed by atoms with Crippen LogP contribution in [0.4, 0.5) is 0 Å². The molecule has 0 saturated carbocycles. The van der Waals surface area contributed by atoms with E-state index in [1.807, 2.05) is 65.8 Å². The fraction of sp³-hybridized carbons (Fsp3) is 0.346. The van der Waals surface area contributed by atoms with Gasteiger partial charge < -0.3 is 10.6 Å². The Kier molecular flexibility index (Phi) is 6.82. The van der Waals surface area contributed by atoms with E-state index in [-0.39, 0.29) is 35.2 Å². The van der Waals surface area contributed by atoms with Crippen molar-refractivity contribution in [3.05, 3.63) is 87.2 Å². The summed E-state index contributed by atoms with van der Waals surface area (Å²) in [4.78, 5) is 26.1. The molecule has 0 spiro atoms. The largest absolute Gasteiger partial charge is 0.345 e. The molecular weight excluding hydrogens is 400 g/mol. The Bertz CT molecular complexity index is 1070. The summed E-state index contributed by atoms with van der Waals surface area (Å²) < 4.78 is 1.49. The van der Waals surface area contributed by atoms with Gasteiger partial charge in [0, 0.05) is 13.2 Å². The lowest BCUT2D eigenvalue weighted by Crippen LogP contribution is -2.32. The van der Waals surface area contributed by atoms with Crippen LogP contribution in [0.3, 0.4) is 0 Å². The molecule has 0 radical (unpaired) electrons. The standard InChI is InChI=1S/C26H32N4O2/c1-15-8-10-21(17(3)12-15)19(5)27-25(31)23-14-30(7)29-24(23)26(32)28-20(6)22-11-9-16(2)13-18(22)4/h8-14,19-20H,1-7H3,(H,27,31)(H,28,32)/t19-,20-/m0/s1. The molecule has 0 aliphatic heterocycles. The van der Waals surface area contributed by atoms with Crippen LogP contribution in [-0.4, -0.2) is 21.6 Å². The summed E-state index contributed by atoms with van der Waals surface area (Å²) in [5.74, 6) is -0.697. The maximum atomic E-state index is 13.0. The molecule has 0 aliphatic rings. The number of carbonyl (C=O) groups is 2. The summed E-state index contributed by atoms with van der Waals surface area (Å²) >= 11 is 0. The monoisotopic (exact) mass is 432 g/mol. The molecule has 3 rings (SSSR count). The molecule has 2 N–H and O–H groups in total. The average molecular weight is 433 g/mol. The second-order valence-corrected chi connectivity index (χ2v) is 8.68. The third kappa shape index (κ3) is 5.07. The molecule has 1 aromatic heterocycles. The van der Waals surface area contributed by atoms with Gasteiger partial charge in [0.2, 0.25) is 0 Å². The zero-order valence-electron chi connectivity index (χ0n) is 19.9. The zero-order valence-corrected chi connectivity index (χ0v) is 19.9. The van der Waals surface area contributed by atoms with Crippen molar-refractivity contribution < 1.29 is 9.59 Å². The molecule has 1 heterocycles. The summed E-state index contributed by atoms with van der Waals surface area (Å²) in [5.41, 5.74) is 7.03. The number of aromatic nitrogens is 2. The summed E-state index contributed by atoms with van der Waals surface area (Å²) in [5, 5.41) is 10.3. The van der Waals surface area contributed by atoms with Crippen molar-refractivity contribution in [3.8, 4) is 0 Å². The van der Waals surface area contributed by atoms with Gasteiger partial charge in [-0.3, -0.25) is 14.3 Å². The van der Waals surface area contributed by atoms with Crippen LogP contribution in [0.2, 0.25) is 0 Å². The van der Waals surface area contributed by atoms with Crippen molar-refractivity contribution in [1.82, 2.24) is 20.4 Å². The van der Waals surface area contributed by atoms with Crippen LogP contribution >= 0.6 is 0 Å². The van der Waals surface area contributed by atoms with Gasteiger partial charge in [-0.25, -0.2) is 0 Å². The summed E-state index contributed by atoms with van der Waals surface area (Å²) in [7, 11) is 1.70. The van der Waals surface area contributed by atoms with Crippen LogP contribution in [0.5, 0.6) is 0 Å². The fourth-order valence-electron chi connectivity index (χ4n) is 4.14. The number of benzene rings is 2. The van der Waals surface area contributed by atoms with E-state index in [4.69, 9.17) is 0 Å². The molecule has 32 heavy (non-hydrogen) atoms. The number of aryl methyl sites for hydroxylation is 5. The first-order valence-electron chi connectivity index (χ1n) is 10.9. The van der Waals surface area contributed by atoms with E-state index < -0.39 is 0 Å². The quantitative estimate of drug-likeness (QED) is 0.596. The van der Waals surface area contributed by atoms with E-state index in [9.17, 15) is 9.59 Å². The number of amides is 2. The molecular formula is C26H32N4O2. The van der Waals surface area contributed by atoms with Gasteiger partial charge in [0.15, 0.2) is 5.69 Å². The van der Waals surface area contributed by atoms with Crippen LogP contribution in [0, 0.1) is 27.7 Å². The van der Waals surface area contributed by atoms with Crippen LogP contribution in [0.15, 0.2) is 42.6 Å². The first-order chi connectivity index (χ1) is 15.1. The van der Waals surface area contributed by atoms with Gasteiger partial charge in [-0.05, 0) is 63.8 Å². The maximum absolute atomic E-state index is 13.0. The number of nitrogens with zero attached hydrogens (tertiary/aromatic N) is 2. The number of nitrogens with one attached hydrogen (secondary N) is 2. The topological polar surface area (TPSA) is 76.0 Å². The predicted octanol–water partition coefficient (Wildman–Crippen LogP) is 4.64. The minimum absolute atomic E-state index is 0.120. The summed E-state index contributed by atoms with van der Waals surface area (Å²) in [6.45, 7) is 12.0. The Morgan fingerprint density at radius 3 is 1.75 bits per heavy atom. The first-order valence-corrected chi connectivity index (χ1v) is 10.9. The Morgan fingerprint density at radius 1 is 0.812 bits per heavy atom. The van der Waals surface area contributed by atoms with Crippen LogP contribution in [0.1, 0.15) is 80.2 Å². The molecule has 0 bridgehead atoms. The van der Waals surface area contributed by atoms with E-state index in [1.54, 1.807) is 13.2 Å². The number of hydrogen-bond donors (Lipinski definition) is 2. The molecule has 6 heteroatoms. The second-order valence-electron chi connectivity index (χ2n) is 8.68. The number of carbonyl (C=O) groups excluding carboxylic acids is 2. The van der Waals surface area contributed by atoms with Crippen LogP contribution in [-0.2, 0) is 7.05 Å². The lowest BCUT2D eigenvalue weighted by molar-refractivity contribution is 0.0902. The van der Waals surface area contributed by atoms with Gasteiger partial charge in [0.1, 0.15) is 0 Å². The van der Waals surface area contributed by atoms with Crippen LogP contribution < -0.4 is 10.6 Å². The average Bonchev–Trinajstić information content (AvgIpc) is 3.09. The maximum Gasteiger partial charge on any atom is 0.273 e. The number of hydrogen-bond acceptors (Lipinski definition) is 3. The molecule has 2 amide bonds. The van der Waals surface area contributed by atoms with Crippen molar-refractivity contribution in [3.63, 3.8) is 0 Å². The lowest BCUT2D eigenvalue weighted by atomic mass is 9.99. The Labute approximate surface area is 190 Å². The van der Waals surface area contributed by atoms with Gasteiger partial charge >= 0.3 is 0 Å². The first kappa shape index (κ1) is 23.3. The van der Waals surface area contributed by atoms with Crippen molar-refractivity contribution in [2.24, 2.45) is 7.05 Å². The molecule has 0 aliphatic carbocycles. The minimum Gasteiger partial charge on any atom is -0.345 e. The summed E-state index contributed by atoms with van der Waals surface area (Å²) in [6.07, 6.45) is 1.58. The van der Waals surface area contributed by atoms with E-state index >= 15 is 0 Å². The van der Waals surface area contributed by atoms with Gasteiger partial charge in [-0.2, -0.15) is 5.10 Å². The van der Waals surface area contributed by atoms with E-state index in [1.165, 1.54) is 15.8 Å². The smallest absolute Gasteiger partial charge is 0.273 e. The van der Waals surface area contributed by atoms with Crippen molar-refractivity contribution in [1.29, 1.82) is 0 Å². The Morgan fingerprint density at radius 2 is 1.28 bits per heavy atom. The Balaban J connectivity index is 1.78. The minimum atomic E-state index is -0.373. The molecule has 3 aromatic rings. The van der Waals surface area contributed by atoms with Crippen LogP contribution in [0.25, 0.3) is 0 Å². The van der Waals surface area contributed by atoms with E-state index in [0.717, 1.165) is 22.3 Å². The second kappa shape index (κ2) is 9.39. The predicted molar refractivity (Wildman–Crippen MR) is 127 cm³/mol. The van der Waals surface area contributed by atoms with Gasteiger partial charge in [-0.1, -0.05) is 47.5 Å². The number of rotatable bonds is 6. The van der Waals surface area contributed by atoms with Crippen molar-refractivity contribution in [2.75, 3.05) is 0 Å². The highest BCUT2D eigenvalue weighted by Crippen LogP contribution is 2.21. The Hall–Kier alpha value is -3.41. The third-order valence-corrected chi connectivity index (χ3v) is 5.77. The summed E-state index contributed by atoms with van der Waals surface area (Å²) in [6, 6.07) is 11.9. The van der Waals surface area contributed by atoms with Crippen molar-refractivity contribution >= 4 is 11.8 Å². The highest BCUT2D eigenvalue weighted by Gasteiger charge is 2.24. The molecule has 6 nitrogen and oxygen atoms in total. The highest BCUT2D eigenvalue weighted by molar-refractivity contribution is 6.06. The van der Waals surface area contributed by atoms with Crippen molar-refractivity contribution in [2.45, 2.75) is 53.6 Å². The lowest BCUT2D eigenvalue weighted by Gasteiger charge is -2.18. The van der Waals surface area contributed by atoms with Gasteiger partial charge in [0.05, 0.1) is 17.6 Å². The van der Waals surface area contributed by atoms with E-state index in [0.29, 0.717) is 0 Å². The molecule has 2 atom stereocenters. The molecule has 168 valence electrons. The molecule has 2 aromatic carbocycles. The van der Waals surface area contributed by atoms with E-state index in [2.05, 4.69) is 27.9 Å². The molecule has 0 unspecified atom stereocenters. The van der Waals surface area contributed by atoms with Gasteiger partial charge in [-0.15, -0.1) is 0 Å². The zero-order chi connectivity index (χ0) is 23.6. The molecule has 0 fully saturated rings. The molecule has 0 saturated heterocycles. The highest BCUT2D eigenvalue weighted by atomic mass is 16.2. The normalized spacial score (nSPS) is 12.8. The third-order valence-electron chi connectivity index (χ3n) is 5.77. The van der Waals surface area contributed by atoms with Gasteiger partial charge in [0.25, 0.3) is 11.8 Å². The SMILES string of the molecule is Cc1ccc([C@H](C)NC(=O)c2cn(C)nc2C(=O)N[C@@H](C)c2ccc(C)cc2C)c(C)c1.